The summed E-state index contributed by atoms with van der Waals surface area (Å²) in [4.78, 5) is 29.0. The number of furan rings is 1. The number of aromatic nitrogens is 1. The van der Waals surface area contributed by atoms with Gasteiger partial charge in [-0.05, 0) is 31.2 Å². The van der Waals surface area contributed by atoms with Gasteiger partial charge in [-0.15, -0.1) is 0 Å². The molecule has 0 spiro atoms. The quantitative estimate of drug-likeness (QED) is 0.576. The van der Waals surface area contributed by atoms with Crippen LogP contribution in [-0.4, -0.2) is 22.8 Å². The summed E-state index contributed by atoms with van der Waals surface area (Å²) < 4.78 is 6.50. The van der Waals surface area contributed by atoms with E-state index in [4.69, 9.17) is 4.42 Å². The predicted molar refractivity (Wildman–Crippen MR) is 101 cm³/mol. The molecule has 1 atom stereocenters. The zero-order valence-electron chi connectivity index (χ0n) is 13.9. The molecule has 0 radical (unpaired) electrons. The summed E-state index contributed by atoms with van der Waals surface area (Å²) in [7, 11) is 0. The van der Waals surface area contributed by atoms with E-state index in [9.17, 15) is 9.59 Å². The Bertz CT molecular complexity index is 1050. The van der Waals surface area contributed by atoms with E-state index in [0.717, 1.165) is 15.6 Å². The topological polar surface area (TPSA) is 84.2 Å². The molecule has 4 rings (SSSR count). The summed E-state index contributed by atoms with van der Waals surface area (Å²) in [5, 5.41) is 6.72. The molecule has 2 aromatic carbocycles. The van der Waals surface area contributed by atoms with Crippen molar-refractivity contribution in [2.24, 2.45) is 0 Å². The Hall–Kier alpha value is -3.19. The van der Waals surface area contributed by atoms with Gasteiger partial charge in [0.15, 0.2) is 10.9 Å². The summed E-state index contributed by atoms with van der Waals surface area (Å²) in [6.07, 6.45) is 0. The van der Waals surface area contributed by atoms with Crippen LogP contribution >= 0.6 is 11.3 Å². The molecule has 130 valence electrons. The molecule has 4 aromatic rings. The highest BCUT2D eigenvalue weighted by Crippen LogP contribution is 2.25. The molecule has 1 unspecified atom stereocenters. The number of nitrogens with zero attached hydrogens (tertiary/aromatic N) is 1. The SMILES string of the molecule is CC(NC(=O)c1cc2ccccc2o1)C(=O)Nc1nc2ccccc2s1. The Kier molecular flexibility index (Phi) is 4.14. The van der Waals surface area contributed by atoms with Crippen LogP contribution in [-0.2, 0) is 4.79 Å². The van der Waals surface area contributed by atoms with Crippen LogP contribution in [0.2, 0.25) is 0 Å². The zero-order valence-corrected chi connectivity index (χ0v) is 14.7. The standard InChI is InChI=1S/C19H15N3O3S/c1-11(17(23)22-19-21-13-7-3-5-9-16(13)26-19)20-18(24)15-10-12-6-2-4-8-14(12)25-15/h2-11H,1H3,(H,20,24)(H,21,22,23). The lowest BCUT2D eigenvalue weighted by Crippen LogP contribution is -2.41. The van der Waals surface area contributed by atoms with Gasteiger partial charge in [0.05, 0.1) is 10.2 Å². The van der Waals surface area contributed by atoms with Gasteiger partial charge < -0.3 is 15.1 Å². The third-order valence-electron chi connectivity index (χ3n) is 3.91. The molecule has 0 fully saturated rings. The molecule has 0 bridgehead atoms. The molecule has 26 heavy (non-hydrogen) atoms. The molecular weight excluding hydrogens is 350 g/mol. The van der Waals surface area contributed by atoms with Gasteiger partial charge in [-0.25, -0.2) is 4.98 Å². The number of hydrogen-bond donors (Lipinski definition) is 2. The number of anilines is 1. The first-order chi connectivity index (χ1) is 12.6. The molecule has 2 heterocycles. The second kappa shape index (κ2) is 6.61. The second-order valence-corrected chi connectivity index (χ2v) is 6.85. The average molecular weight is 365 g/mol. The summed E-state index contributed by atoms with van der Waals surface area (Å²) >= 11 is 1.39. The summed E-state index contributed by atoms with van der Waals surface area (Å²) in [6.45, 7) is 1.61. The summed E-state index contributed by atoms with van der Waals surface area (Å²) in [5.74, 6) is -0.604. The summed E-state index contributed by atoms with van der Waals surface area (Å²) in [5.41, 5.74) is 1.45. The maximum Gasteiger partial charge on any atom is 0.287 e. The number of hydrogen-bond acceptors (Lipinski definition) is 5. The van der Waals surface area contributed by atoms with Gasteiger partial charge >= 0.3 is 0 Å². The number of carbonyl (C=O) groups is 2. The Balaban J connectivity index is 1.43. The number of rotatable bonds is 4. The van der Waals surface area contributed by atoms with Crippen LogP contribution in [0.15, 0.2) is 59.0 Å². The predicted octanol–water partition coefficient (Wildman–Crippen LogP) is 3.80. The molecule has 2 aromatic heterocycles. The third-order valence-corrected chi connectivity index (χ3v) is 4.87. The van der Waals surface area contributed by atoms with Gasteiger partial charge in [-0.3, -0.25) is 9.59 Å². The number of carbonyl (C=O) groups excluding carboxylic acids is 2. The van der Waals surface area contributed by atoms with Gasteiger partial charge in [0.25, 0.3) is 5.91 Å². The van der Waals surface area contributed by atoms with Gasteiger partial charge in [-0.2, -0.15) is 0 Å². The first kappa shape index (κ1) is 16.3. The fourth-order valence-corrected chi connectivity index (χ4v) is 3.44. The second-order valence-electron chi connectivity index (χ2n) is 5.82. The van der Waals surface area contributed by atoms with E-state index < -0.39 is 11.9 Å². The van der Waals surface area contributed by atoms with Crippen molar-refractivity contribution in [1.82, 2.24) is 10.3 Å². The van der Waals surface area contributed by atoms with Crippen molar-refractivity contribution >= 4 is 49.5 Å². The van der Waals surface area contributed by atoms with Crippen molar-refractivity contribution in [3.8, 4) is 0 Å². The maximum atomic E-state index is 12.3. The van der Waals surface area contributed by atoms with Crippen LogP contribution < -0.4 is 10.6 Å². The first-order valence-electron chi connectivity index (χ1n) is 8.06. The molecule has 2 N–H and O–H groups in total. The molecule has 0 saturated heterocycles. The van der Waals surface area contributed by atoms with Crippen molar-refractivity contribution in [1.29, 1.82) is 0 Å². The maximum absolute atomic E-state index is 12.3. The lowest BCUT2D eigenvalue weighted by Gasteiger charge is -2.11. The fraction of sp³-hybridized carbons (Fsp3) is 0.105. The van der Waals surface area contributed by atoms with Gasteiger partial charge in [-0.1, -0.05) is 41.7 Å². The zero-order chi connectivity index (χ0) is 18.1. The highest BCUT2D eigenvalue weighted by atomic mass is 32.1. The number of benzene rings is 2. The first-order valence-corrected chi connectivity index (χ1v) is 8.88. The van der Waals surface area contributed by atoms with Crippen molar-refractivity contribution in [3.63, 3.8) is 0 Å². The average Bonchev–Trinajstić information content (AvgIpc) is 3.24. The molecule has 0 aliphatic heterocycles. The van der Waals surface area contributed by atoms with E-state index in [0.29, 0.717) is 10.7 Å². The molecule has 0 aliphatic carbocycles. The van der Waals surface area contributed by atoms with Crippen molar-refractivity contribution < 1.29 is 14.0 Å². The molecule has 6 nitrogen and oxygen atoms in total. The van der Waals surface area contributed by atoms with Crippen molar-refractivity contribution in [2.75, 3.05) is 5.32 Å². The van der Waals surface area contributed by atoms with Gasteiger partial charge in [0.1, 0.15) is 11.6 Å². The van der Waals surface area contributed by atoms with Crippen LogP contribution in [0.4, 0.5) is 5.13 Å². The van der Waals surface area contributed by atoms with Gasteiger partial charge in [0.2, 0.25) is 5.91 Å². The van der Waals surface area contributed by atoms with Gasteiger partial charge in [0, 0.05) is 5.39 Å². The highest BCUT2D eigenvalue weighted by Gasteiger charge is 2.20. The molecule has 0 aliphatic rings. The smallest absolute Gasteiger partial charge is 0.287 e. The number of thiazole rings is 1. The third kappa shape index (κ3) is 3.16. The minimum Gasteiger partial charge on any atom is -0.451 e. The van der Waals surface area contributed by atoms with E-state index in [1.54, 1.807) is 19.1 Å². The van der Waals surface area contributed by atoms with E-state index in [1.165, 1.54) is 11.3 Å². The number of nitrogens with one attached hydrogen (secondary N) is 2. The molecule has 2 amide bonds. The molecule has 0 saturated carbocycles. The van der Waals surface area contributed by atoms with Crippen LogP contribution in [0.3, 0.4) is 0 Å². The Morgan fingerprint density at radius 2 is 1.88 bits per heavy atom. The monoisotopic (exact) mass is 365 g/mol. The van der Waals surface area contributed by atoms with E-state index >= 15 is 0 Å². The van der Waals surface area contributed by atoms with E-state index in [1.807, 2.05) is 42.5 Å². The molecular formula is C19H15N3O3S. The van der Waals surface area contributed by atoms with E-state index in [2.05, 4.69) is 15.6 Å². The highest BCUT2D eigenvalue weighted by molar-refractivity contribution is 7.22. The fourth-order valence-electron chi connectivity index (χ4n) is 2.57. The lowest BCUT2D eigenvalue weighted by atomic mass is 10.2. The van der Waals surface area contributed by atoms with E-state index in [-0.39, 0.29) is 11.7 Å². The van der Waals surface area contributed by atoms with Crippen molar-refractivity contribution in [2.45, 2.75) is 13.0 Å². The number of amides is 2. The van der Waals surface area contributed by atoms with Crippen molar-refractivity contribution in [3.05, 3.63) is 60.4 Å². The number of para-hydroxylation sites is 2. The molecule has 7 heteroatoms. The Morgan fingerprint density at radius 1 is 1.12 bits per heavy atom. The minimum absolute atomic E-state index is 0.172. The van der Waals surface area contributed by atoms with Crippen LogP contribution in [0.5, 0.6) is 0 Å². The minimum atomic E-state index is -0.734. The van der Waals surface area contributed by atoms with Crippen LogP contribution in [0.1, 0.15) is 17.5 Å². The lowest BCUT2D eigenvalue weighted by molar-refractivity contribution is -0.117. The number of fused-ring (bicyclic) bond motifs is 2. The van der Waals surface area contributed by atoms with Crippen LogP contribution in [0, 0.1) is 0 Å². The largest absolute Gasteiger partial charge is 0.451 e. The summed E-state index contributed by atoms with van der Waals surface area (Å²) in [6, 6.07) is 15.9. The Labute approximate surface area is 152 Å². The van der Waals surface area contributed by atoms with Crippen LogP contribution in [0.25, 0.3) is 21.2 Å². The normalized spacial score (nSPS) is 12.2. The Morgan fingerprint density at radius 3 is 2.69 bits per heavy atom.